The van der Waals surface area contributed by atoms with E-state index in [9.17, 15) is 19.7 Å². The van der Waals surface area contributed by atoms with Gasteiger partial charge >= 0.3 is 0 Å². The fourth-order valence-electron chi connectivity index (χ4n) is 2.20. The van der Waals surface area contributed by atoms with E-state index >= 15 is 0 Å². The largest absolute Gasteiger partial charge is 0.354 e. The summed E-state index contributed by atoms with van der Waals surface area (Å²) in [5.74, 6) is 0.728. The number of benzene rings is 1. The molecule has 0 saturated carbocycles. The molecule has 1 saturated heterocycles. The average molecular weight is 337 g/mol. The molecule has 0 radical (unpaired) electrons. The van der Waals surface area contributed by atoms with Crippen LogP contribution in [0.5, 0.6) is 0 Å². The zero-order valence-electron chi connectivity index (χ0n) is 13.0. The molecule has 2 amide bonds. The fraction of sp³-hybridized carbons (Fsp3) is 0.467. The Hall–Kier alpha value is -2.09. The maximum absolute atomic E-state index is 12.6. The van der Waals surface area contributed by atoms with E-state index in [1.807, 2.05) is 13.8 Å². The van der Waals surface area contributed by atoms with E-state index in [-0.39, 0.29) is 23.1 Å². The van der Waals surface area contributed by atoms with Gasteiger partial charge in [-0.15, -0.1) is 11.8 Å². The van der Waals surface area contributed by atoms with E-state index in [0.29, 0.717) is 24.1 Å². The first kappa shape index (κ1) is 17.3. The van der Waals surface area contributed by atoms with Crippen molar-refractivity contribution in [2.45, 2.75) is 19.9 Å². The molecular formula is C15H19N3O4S. The van der Waals surface area contributed by atoms with E-state index in [1.54, 1.807) is 0 Å². The molecule has 1 aliphatic heterocycles. The summed E-state index contributed by atoms with van der Waals surface area (Å²) in [5, 5.41) is 13.7. The molecule has 2 rings (SSSR count). The predicted molar refractivity (Wildman–Crippen MR) is 88.2 cm³/mol. The SMILES string of the molecule is CC(C)CNC(=O)C1CSCN1C(=O)c1cccc([N+](=O)[O-])c1. The van der Waals surface area contributed by atoms with Crippen molar-refractivity contribution in [1.82, 2.24) is 10.2 Å². The number of nitrogens with one attached hydrogen (secondary N) is 1. The quantitative estimate of drug-likeness (QED) is 0.654. The third-order valence-corrected chi connectivity index (χ3v) is 4.45. The Labute approximate surface area is 138 Å². The molecule has 124 valence electrons. The van der Waals surface area contributed by atoms with Crippen LogP contribution in [0.3, 0.4) is 0 Å². The molecular weight excluding hydrogens is 318 g/mol. The summed E-state index contributed by atoms with van der Waals surface area (Å²) in [6.07, 6.45) is 0. The molecule has 0 aromatic heterocycles. The fourth-order valence-corrected chi connectivity index (χ4v) is 3.35. The lowest BCUT2D eigenvalue weighted by Gasteiger charge is -2.23. The second-order valence-corrected chi connectivity index (χ2v) is 6.74. The maximum Gasteiger partial charge on any atom is 0.270 e. The number of hydrogen-bond acceptors (Lipinski definition) is 5. The van der Waals surface area contributed by atoms with Crippen LogP contribution in [0.2, 0.25) is 0 Å². The Kier molecular flexibility index (Phi) is 5.59. The van der Waals surface area contributed by atoms with Crippen molar-refractivity contribution in [3.8, 4) is 0 Å². The molecule has 7 nitrogen and oxygen atoms in total. The first-order chi connectivity index (χ1) is 10.9. The highest BCUT2D eigenvalue weighted by Crippen LogP contribution is 2.24. The maximum atomic E-state index is 12.6. The van der Waals surface area contributed by atoms with Crippen molar-refractivity contribution < 1.29 is 14.5 Å². The van der Waals surface area contributed by atoms with Crippen LogP contribution in [0.1, 0.15) is 24.2 Å². The minimum Gasteiger partial charge on any atom is -0.354 e. The van der Waals surface area contributed by atoms with Gasteiger partial charge in [0, 0.05) is 30.0 Å². The van der Waals surface area contributed by atoms with Gasteiger partial charge < -0.3 is 10.2 Å². The smallest absolute Gasteiger partial charge is 0.270 e. The summed E-state index contributed by atoms with van der Waals surface area (Å²) >= 11 is 1.50. The summed E-state index contributed by atoms with van der Waals surface area (Å²) in [6, 6.07) is 5.05. The standard InChI is InChI=1S/C15H19N3O4S/c1-10(2)7-16-14(19)13-8-23-9-17(13)15(20)11-4-3-5-12(6-11)18(21)22/h3-6,10,13H,7-9H2,1-2H3,(H,16,19). The minimum absolute atomic E-state index is 0.136. The van der Waals surface area contributed by atoms with Crippen LogP contribution in [0.25, 0.3) is 0 Å². The molecule has 1 heterocycles. The van der Waals surface area contributed by atoms with Gasteiger partial charge in [0.2, 0.25) is 5.91 Å². The number of nitro groups is 1. The van der Waals surface area contributed by atoms with Crippen molar-refractivity contribution >= 4 is 29.3 Å². The van der Waals surface area contributed by atoms with Crippen LogP contribution < -0.4 is 5.32 Å². The van der Waals surface area contributed by atoms with Gasteiger partial charge in [-0.05, 0) is 12.0 Å². The second-order valence-electron chi connectivity index (χ2n) is 5.74. The van der Waals surface area contributed by atoms with Gasteiger partial charge in [-0.1, -0.05) is 19.9 Å². The third kappa shape index (κ3) is 4.22. The molecule has 0 aliphatic carbocycles. The molecule has 1 aromatic carbocycles. The molecule has 1 fully saturated rings. The van der Waals surface area contributed by atoms with Gasteiger partial charge in [0.1, 0.15) is 6.04 Å². The normalized spacial score (nSPS) is 17.3. The summed E-state index contributed by atoms with van der Waals surface area (Å²) in [4.78, 5) is 36.6. The number of rotatable bonds is 5. The highest BCUT2D eigenvalue weighted by Gasteiger charge is 2.35. The Morgan fingerprint density at radius 2 is 2.22 bits per heavy atom. The Bertz CT molecular complexity index is 620. The molecule has 1 aromatic rings. The Morgan fingerprint density at radius 1 is 1.48 bits per heavy atom. The van der Waals surface area contributed by atoms with Gasteiger partial charge in [-0.25, -0.2) is 0 Å². The monoisotopic (exact) mass is 337 g/mol. The van der Waals surface area contributed by atoms with Crippen molar-refractivity contribution in [3.63, 3.8) is 0 Å². The molecule has 8 heteroatoms. The average Bonchev–Trinajstić information content (AvgIpc) is 3.01. The second kappa shape index (κ2) is 7.45. The van der Waals surface area contributed by atoms with Crippen LogP contribution in [0, 0.1) is 16.0 Å². The lowest BCUT2D eigenvalue weighted by atomic mass is 10.1. The van der Waals surface area contributed by atoms with E-state index in [2.05, 4.69) is 5.32 Å². The lowest BCUT2D eigenvalue weighted by Crippen LogP contribution is -2.47. The van der Waals surface area contributed by atoms with Crippen molar-refractivity contribution in [3.05, 3.63) is 39.9 Å². The third-order valence-electron chi connectivity index (χ3n) is 3.43. The topological polar surface area (TPSA) is 92.6 Å². The van der Waals surface area contributed by atoms with E-state index in [0.717, 1.165) is 0 Å². The zero-order valence-corrected chi connectivity index (χ0v) is 13.8. The number of nitro benzene ring substituents is 1. The summed E-state index contributed by atoms with van der Waals surface area (Å²) in [6.45, 7) is 4.55. The molecule has 0 spiro atoms. The summed E-state index contributed by atoms with van der Waals surface area (Å²) < 4.78 is 0. The highest BCUT2D eigenvalue weighted by molar-refractivity contribution is 7.99. The Balaban J connectivity index is 2.13. The molecule has 1 aliphatic rings. The molecule has 1 unspecified atom stereocenters. The number of carbonyl (C=O) groups is 2. The summed E-state index contributed by atoms with van der Waals surface area (Å²) in [5.41, 5.74) is 0.0897. The van der Waals surface area contributed by atoms with Gasteiger partial charge in [0.25, 0.3) is 11.6 Å². The highest BCUT2D eigenvalue weighted by atomic mass is 32.2. The van der Waals surface area contributed by atoms with Gasteiger partial charge in [-0.2, -0.15) is 0 Å². The number of nitrogens with zero attached hydrogens (tertiary/aromatic N) is 2. The molecule has 1 atom stereocenters. The number of hydrogen-bond donors (Lipinski definition) is 1. The zero-order chi connectivity index (χ0) is 17.0. The number of carbonyl (C=O) groups excluding carboxylic acids is 2. The molecule has 23 heavy (non-hydrogen) atoms. The number of amides is 2. The Morgan fingerprint density at radius 3 is 2.87 bits per heavy atom. The minimum atomic E-state index is -0.539. The van der Waals surface area contributed by atoms with Crippen LogP contribution in [0.4, 0.5) is 5.69 Å². The number of thioether (sulfide) groups is 1. The van der Waals surface area contributed by atoms with Crippen molar-refractivity contribution in [2.75, 3.05) is 18.2 Å². The van der Waals surface area contributed by atoms with Gasteiger partial charge in [0.05, 0.1) is 10.8 Å². The van der Waals surface area contributed by atoms with Crippen LogP contribution in [0.15, 0.2) is 24.3 Å². The molecule has 0 bridgehead atoms. The summed E-state index contributed by atoms with van der Waals surface area (Å²) in [7, 11) is 0. The first-order valence-electron chi connectivity index (χ1n) is 7.31. The van der Waals surface area contributed by atoms with E-state index in [1.165, 1.54) is 40.9 Å². The molecule has 1 N–H and O–H groups in total. The van der Waals surface area contributed by atoms with Crippen LogP contribution in [-0.4, -0.2) is 45.9 Å². The van der Waals surface area contributed by atoms with E-state index < -0.39 is 11.0 Å². The van der Waals surface area contributed by atoms with Crippen LogP contribution in [-0.2, 0) is 4.79 Å². The van der Waals surface area contributed by atoms with Gasteiger partial charge in [0.15, 0.2) is 0 Å². The van der Waals surface area contributed by atoms with Crippen molar-refractivity contribution in [1.29, 1.82) is 0 Å². The van der Waals surface area contributed by atoms with Crippen LogP contribution >= 0.6 is 11.8 Å². The van der Waals surface area contributed by atoms with Crippen molar-refractivity contribution in [2.24, 2.45) is 5.92 Å². The first-order valence-corrected chi connectivity index (χ1v) is 8.46. The lowest BCUT2D eigenvalue weighted by molar-refractivity contribution is -0.384. The predicted octanol–water partition coefficient (Wildman–Crippen LogP) is 1.88. The number of non-ortho nitro benzene ring substituents is 1. The van der Waals surface area contributed by atoms with E-state index in [4.69, 9.17) is 0 Å². The van der Waals surface area contributed by atoms with Gasteiger partial charge in [-0.3, -0.25) is 19.7 Å².